The summed E-state index contributed by atoms with van der Waals surface area (Å²) in [5.41, 5.74) is 2.23. The highest BCUT2D eigenvalue weighted by Gasteiger charge is 2.33. The molecule has 7 heteroatoms. The average Bonchev–Trinajstić information content (AvgIpc) is 2.82. The maximum Gasteiger partial charge on any atom is 0.336 e. The molecule has 1 amide bonds. The molecule has 1 aliphatic rings. The second-order valence-corrected chi connectivity index (χ2v) is 8.44. The summed E-state index contributed by atoms with van der Waals surface area (Å²) >= 11 is 1.59. The fourth-order valence-electron chi connectivity index (χ4n) is 3.50. The second-order valence-electron chi connectivity index (χ2n) is 7.36. The molecule has 4 rings (SSSR count). The van der Waals surface area contributed by atoms with E-state index >= 15 is 0 Å². The number of hydrogen-bond acceptors (Lipinski definition) is 6. The number of rotatable bonds is 6. The van der Waals surface area contributed by atoms with Gasteiger partial charge in [-0.1, -0.05) is 48.2 Å². The zero-order valence-electron chi connectivity index (χ0n) is 17.7. The van der Waals surface area contributed by atoms with E-state index in [1.54, 1.807) is 48.0 Å². The van der Waals surface area contributed by atoms with Gasteiger partial charge in [-0.25, -0.2) is 4.79 Å². The normalized spacial score (nSPS) is 14.0. The van der Waals surface area contributed by atoms with Crippen LogP contribution < -0.4 is 9.64 Å². The zero-order chi connectivity index (χ0) is 22.7. The fraction of sp³-hybridized carbons (Fsp3) is 0.200. The summed E-state index contributed by atoms with van der Waals surface area (Å²) < 4.78 is 10.5. The Hall–Kier alpha value is -3.29. The topological polar surface area (TPSA) is 76.1 Å². The average molecular weight is 450 g/mol. The van der Waals surface area contributed by atoms with Crippen molar-refractivity contribution < 1.29 is 24.2 Å². The predicted molar refractivity (Wildman–Crippen MR) is 122 cm³/mol. The number of esters is 1. The molecular formula is C25H23NO5S. The molecule has 0 spiro atoms. The van der Waals surface area contributed by atoms with Crippen molar-refractivity contribution in [2.75, 3.05) is 12.0 Å². The third-order valence-electron chi connectivity index (χ3n) is 5.15. The molecule has 1 aliphatic heterocycles. The van der Waals surface area contributed by atoms with Crippen LogP contribution in [0.3, 0.4) is 0 Å². The third-order valence-corrected chi connectivity index (χ3v) is 6.28. The quantitative estimate of drug-likeness (QED) is 0.564. The molecule has 0 saturated carbocycles. The van der Waals surface area contributed by atoms with Gasteiger partial charge in [0.1, 0.15) is 5.75 Å². The van der Waals surface area contributed by atoms with E-state index < -0.39 is 18.2 Å². The summed E-state index contributed by atoms with van der Waals surface area (Å²) in [6.07, 6.45) is -2.37. The summed E-state index contributed by atoms with van der Waals surface area (Å²) in [4.78, 5) is 29.3. The van der Waals surface area contributed by atoms with Gasteiger partial charge in [-0.3, -0.25) is 9.69 Å². The number of aliphatic hydroxyl groups excluding tert-OH is 1. The van der Waals surface area contributed by atoms with Gasteiger partial charge in [0, 0.05) is 16.2 Å². The van der Waals surface area contributed by atoms with Crippen molar-refractivity contribution in [1.82, 2.24) is 0 Å². The summed E-state index contributed by atoms with van der Waals surface area (Å²) in [5.74, 6) is -0.532. The number of ether oxygens (including phenoxy) is 2. The maximum atomic E-state index is 13.4. The first-order valence-electron chi connectivity index (χ1n) is 10.2. The number of amides is 1. The minimum atomic E-state index is -1.38. The van der Waals surface area contributed by atoms with E-state index in [1.165, 1.54) is 6.92 Å². The monoisotopic (exact) mass is 449 g/mol. The van der Waals surface area contributed by atoms with E-state index in [0.29, 0.717) is 5.75 Å². The molecule has 2 unspecified atom stereocenters. The molecule has 1 heterocycles. The fourth-order valence-corrected chi connectivity index (χ4v) is 4.55. The van der Waals surface area contributed by atoms with Crippen LogP contribution in [0.1, 0.15) is 12.5 Å². The SMILES string of the molecule is COc1ccc(CC(O)C(=O)OC(C)C(=O)N2c3ccccc3Sc3ccccc32)cc1. The van der Waals surface area contributed by atoms with Crippen LogP contribution in [0, 0.1) is 0 Å². The lowest BCUT2D eigenvalue weighted by Gasteiger charge is -2.32. The second kappa shape index (κ2) is 9.46. The van der Waals surface area contributed by atoms with Crippen LogP contribution in [0.2, 0.25) is 0 Å². The number of aliphatic hydroxyl groups is 1. The molecule has 3 aromatic rings. The number of anilines is 2. The summed E-state index contributed by atoms with van der Waals surface area (Å²) in [6.45, 7) is 1.52. The van der Waals surface area contributed by atoms with E-state index in [1.807, 2.05) is 48.5 Å². The minimum absolute atomic E-state index is 0.0791. The number of fused-ring (bicyclic) bond motifs is 2. The van der Waals surface area contributed by atoms with E-state index in [0.717, 1.165) is 26.7 Å². The van der Waals surface area contributed by atoms with Crippen molar-refractivity contribution in [1.29, 1.82) is 0 Å². The Kier molecular flexibility index (Phi) is 6.48. The number of methoxy groups -OCH3 is 1. The minimum Gasteiger partial charge on any atom is -0.497 e. The first-order chi connectivity index (χ1) is 15.5. The van der Waals surface area contributed by atoms with Gasteiger partial charge < -0.3 is 14.6 Å². The number of nitrogens with zero attached hydrogens (tertiary/aromatic N) is 1. The highest BCUT2D eigenvalue weighted by atomic mass is 32.2. The lowest BCUT2D eigenvalue weighted by molar-refractivity contribution is -0.161. The number of carbonyl (C=O) groups excluding carboxylic acids is 2. The molecule has 3 aromatic carbocycles. The van der Waals surface area contributed by atoms with Crippen molar-refractivity contribution in [3.63, 3.8) is 0 Å². The molecule has 164 valence electrons. The highest BCUT2D eigenvalue weighted by Crippen LogP contribution is 2.48. The molecule has 1 N–H and O–H groups in total. The van der Waals surface area contributed by atoms with Crippen LogP contribution in [0.25, 0.3) is 0 Å². The van der Waals surface area contributed by atoms with E-state index in [4.69, 9.17) is 9.47 Å². The molecule has 0 aliphatic carbocycles. The molecule has 0 fully saturated rings. The van der Waals surface area contributed by atoms with E-state index in [-0.39, 0.29) is 12.3 Å². The molecule has 0 radical (unpaired) electrons. The molecule has 0 aromatic heterocycles. The number of benzene rings is 3. The molecular weight excluding hydrogens is 426 g/mol. The Morgan fingerprint density at radius 1 is 0.938 bits per heavy atom. The summed E-state index contributed by atoms with van der Waals surface area (Å²) in [7, 11) is 1.57. The summed E-state index contributed by atoms with van der Waals surface area (Å²) in [6, 6.07) is 22.2. The molecule has 0 saturated heterocycles. The third kappa shape index (κ3) is 4.49. The van der Waals surface area contributed by atoms with Gasteiger partial charge in [0.25, 0.3) is 5.91 Å². The zero-order valence-corrected chi connectivity index (χ0v) is 18.5. The van der Waals surface area contributed by atoms with Gasteiger partial charge in [-0.15, -0.1) is 0 Å². The Morgan fingerprint density at radius 3 is 2.06 bits per heavy atom. The van der Waals surface area contributed by atoms with Crippen molar-refractivity contribution in [3.05, 3.63) is 78.4 Å². The largest absolute Gasteiger partial charge is 0.497 e. The smallest absolute Gasteiger partial charge is 0.336 e. The Morgan fingerprint density at radius 2 is 1.50 bits per heavy atom. The van der Waals surface area contributed by atoms with Crippen molar-refractivity contribution >= 4 is 35.0 Å². The molecule has 2 atom stereocenters. The molecule has 32 heavy (non-hydrogen) atoms. The van der Waals surface area contributed by atoms with Crippen LogP contribution in [-0.4, -0.2) is 36.3 Å². The lowest BCUT2D eigenvalue weighted by atomic mass is 10.1. The van der Waals surface area contributed by atoms with Crippen LogP contribution in [0.5, 0.6) is 5.75 Å². The Balaban J connectivity index is 1.48. The standard InChI is InChI=1S/C25H23NO5S/c1-16(31-25(29)21(27)15-17-11-13-18(30-2)14-12-17)24(28)26-19-7-3-5-9-22(19)32-23-10-6-4-8-20(23)26/h3-14,16,21,27H,15H2,1-2H3. The maximum absolute atomic E-state index is 13.4. The molecule has 0 bridgehead atoms. The first kappa shape index (κ1) is 21.9. The van der Waals surface area contributed by atoms with Crippen LogP contribution >= 0.6 is 11.8 Å². The van der Waals surface area contributed by atoms with E-state index in [9.17, 15) is 14.7 Å². The van der Waals surface area contributed by atoms with Crippen molar-refractivity contribution in [2.24, 2.45) is 0 Å². The number of carbonyl (C=O) groups is 2. The predicted octanol–water partition coefficient (Wildman–Crippen LogP) is 4.36. The lowest BCUT2D eigenvalue weighted by Crippen LogP contribution is -2.40. The molecule has 6 nitrogen and oxygen atoms in total. The van der Waals surface area contributed by atoms with Gasteiger partial charge in [0.15, 0.2) is 12.2 Å². The van der Waals surface area contributed by atoms with E-state index in [2.05, 4.69) is 0 Å². The van der Waals surface area contributed by atoms with Gasteiger partial charge in [0.2, 0.25) is 0 Å². The Bertz CT molecular complexity index is 1090. The number of hydrogen-bond donors (Lipinski definition) is 1. The van der Waals surface area contributed by atoms with Gasteiger partial charge in [-0.05, 0) is 48.9 Å². The summed E-state index contributed by atoms with van der Waals surface area (Å²) in [5, 5.41) is 10.3. The van der Waals surface area contributed by atoms with Crippen LogP contribution in [0.4, 0.5) is 11.4 Å². The first-order valence-corrected chi connectivity index (χ1v) is 11.0. The van der Waals surface area contributed by atoms with Crippen LogP contribution in [-0.2, 0) is 20.7 Å². The van der Waals surface area contributed by atoms with Gasteiger partial charge >= 0.3 is 5.97 Å². The van der Waals surface area contributed by atoms with Gasteiger partial charge in [-0.2, -0.15) is 0 Å². The number of para-hydroxylation sites is 2. The Labute approximate surface area is 190 Å². The van der Waals surface area contributed by atoms with Gasteiger partial charge in [0.05, 0.1) is 18.5 Å². The highest BCUT2D eigenvalue weighted by molar-refractivity contribution is 7.99. The van der Waals surface area contributed by atoms with Crippen molar-refractivity contribution in [3.8, 4) is 5.75 Å². The van der Waals surface area contributed by atoms with Crippen LogP contribution in [0.15, 0.2) is 82.6 Å². The van der Waals surface area contributed by atoms with Crippen molar-refractivity contribution in [2.45, 2.75) is 35.3 Å².